The largest absolute Gasteiger partial charge is 4.00 e. The molecule has 43 heavy (non-hydrogen) atoms. The van der Waals surface area contributed by atoms with Crippen LogP contribution < -0.4 is 20.2 Å². The summed E-state index contributed by atoms with van der Waals surface area (Å²) >= 11 is 0. The van der Waals surface area contributed by atoms with Crippen molar-refractivity contribution < 1.29 is 21.1 Å². The molecule has 0 aliphatic carbocycles. The number of aromatic nitrogens is 3. The normalized spacial score (nSPS) is 15.0. The fraction of sp³-hybridized carbons (Fsp3) is 0.229. The molecule has 2 aliphatic rings. The molecule has 0 bridgehead atoms. The van der Waals surface area contributed by atoms with Gasteiger partial charge in [-0.15, -0.1) is 29.3 Å². The van der Waals surface area contributed by atoms with E-state index in [0.29, 0.717) is 6.54 Å². The van der Waals surface area contributed by atoms with Gasteiger partial charge in [0.05, 0.1) is 8.07 Å². The van der Waals surface area contributed by atoms with Crippen molar-refractivity contribution in [2.75, 3.05) is 23.4 Å². The Morgan fingerprint density at radius 1 is 0.930 bits per heavy atom. The summed E-state index contributed by atoms with van der Waals surface area (Å²) in [6.45, 7) is 14.3. The maximum Gasteiger partial charge on any atom is 4.00 e. The van der Waals surface area contributed by atoms with Gasteiger partial charge in [0.15, 0.2) is 0 Å². The molecule has 218 valence electrons. The molecule has 6 nitrogen and oxygen atoms in total. The van der Waals surface area contributed by atoms with E-state index >= 15 is 0 Å². The van der Waals surface area contributed by atoms with E-state index in [2.05, 4.69) is 132 Å². The second-order valence-corrected chi connectivity index (χ2v) is 17.0. The first-order valence-electron chi connectivity index (χ1n) is 14.4. The molecule has 0 spiro atoms. The third kappa shape index (κ3) is 4.93. The molecule has 0 fully saturated rings. The molecule has 2 aromatic heterocycles. The van der Waals surface area contributed by atoms with Gasteiger partial charge in [0, 0.05) is 12.4 Å². The van der Waals surface area contributed by atoms with Crippen molar-refractivity contribution >= 4 is 63.4 Å². The number of hydrogen-bond donors (Lipinski definition) is 0. The van der Waals surface area contributed by atoms with Crippen LogP contribution in [0.2, 0.25) is 13.1 Å². The van der Waals surface area contributed by atoms with Crippen molar-refractivity contribution in [1.82, 2.24) is 14.5 Å². The summed E-state index contributed by atoms with van der Waals surface area (Å²) in [4.78, 5) is 13.4. The van der Waals surface area contributed by atoms with Crippen LogP contribution in [0.4, 0.5) is 17.3 Å². The second-order valence-electron chi connectivity index (χ2n) is 12.6. The van der Waals surface area contributed by atoms with E-state index in [4.69, 9.17) is 5.32 Å². The van der Waals surface area contributed by atoms with Gasteiger partial charge in [0.25, 0.3) is 0 Å². The standard InChI is InChI=1S/C35H34N6Si.Pt/c1-35(2,3)24-19-25(40-23-39(4)33-34(40)38-18-17-37-33)21-27(20-24)42(5,6)26-14-15-29-28-11-7-8-12-30(28)41(31(29)22-26)32-13-9-10-16-36-32;/h7-15,17-20,23H,16H2,1-6H3;/q-4;+4. The zero-order valence-electron chi connectivity index (χ0n) is 25.3. The average Bonchev–Trinajstić information content (AvgIpc) is 3.51. The molecular formula is C35H34N6PtSi. The molecule has 0 saturated carbocycles. The molecule has 7 rings (SSSR count). The quantitative estimate of drug-likeness (QED) is 0.150. The Morgan fingerprint density at radius 2 is 1.70 bits per heavy atom. The van der Waals surface area contributed by atoms with E-state index in [1.165, 1.54) is 26.7 Å². The minimum absolute atomic E-state index is 0. The molecular weight excluding hydrogens is 728 g/mol. The summed E-state index contributed by atoms with van der Waals surface area (Å²) in [6.07, 6.45) is 9.75. The van der Waals surface area contributed by atoms with Gasteiger partial charge in [-0.3, -0.25) is 0 Å². The van der Waals surface area contributed by atoms with Crippen LogP contribution >= 0.6 is 0 Å². The zero-order chi connectivity index (χ0) is 29.2. The van der Waals surface area contributed by atoms with E-state index in [0.717, 1.165) is 34.2 Å². The number of para-hydroxylation sites is 1. The Morgan fingerprint density at radius 3 is 2.44 bits per heavy atom. The van der Waals surface area contributed by atoms with Crippen molar-refractivity contribution in [3.05, 3.63) is 109 Å². The van der Waals surface area contributed by atoms with Crippen LogP contribution in [-0.4, -0.2) is 36.2 Å². The first-order chi connectivity index (χ1) is 20.1. The molecule has 0 N–H and O–H groups in total. The first kappa shape index (κ1) is 29.4. The van der Waals surface area contributed by atoms with Gasteiger partial charge in [-0.1, -0.05) is 87.6 Å². The Hall–Kier alpha value is -3.67. The fourth-order valence-corrected chi connectivity index (χ4v) is 8.03. The van der Waals surface area contributed by atoms with Gasteiger partial charge >= 0.3 is 21.1 Å². The molecule has 0 unspecified atom stereocenters. The van der Waals surface area contributed by atoms with Crippen molar-refractivity contribution in [2.45, 2.75) is 39.3 Å². The summed E-state index contributed by atoms with van der Waals surface area (Å²) < 4.78 is 2.27. The summed E-state index contributed by atoms with van der Waals surface area (Å²) in [5.41, 5.74) is 4.45. The van der Waals surface area contributed by atoms with E-state index in [-0.39, 0.29) is 26.5 Å². The Labute approximate surface area is 269 Å². The minimum Gasteiger partial charge on any atom is -0.487 e. The third-order valence-electron chi connectivity index (χ3n) is 8.39. The van der Waals surface area contributed by atoms with Crippen LogP contribution in [0.5, 0.6) is 0 Å². The predicted molar refractivity (Wildman–Crippen MR) is 178 cm³/mol. The van der Waals surface area contributed by atoms with Crippen molar-refractivity contribution in [1.29, 1.82) is 0 Å². The summed E-state index contributed by atoms with van der Waals surface area (Å²) in [5, 5.41) is 9.73. The molecule has 0 atom stereocenters. The number of nitrogens with zero attached hydrogens (tertiary/aromatic N) is 6. The van der Waals surface area contributed by atoms with E-state index in [1.807, 2.05) is 18.6 Å². The van der Waals surface area contributed by atoms with Crippen LogP contribution in [-0.2, 0) is 26.5 Å². The van der Waals surface area contributed by atoms with Crippen molar-refractivity contribution in [3.63, 3.8) is 0 Å². The van der Waals surface area contributed by atoms with Gasteiger partial charge in [0.2, 0.25) is 0 Å². The maximum absolute atomic E-state index is 4.84. The van der Waals surface area contributed by atoms with Gasteiger partial charge in [-0.2, -0.15) is 46.3 Å². The molecule has 0 saturated heterocycles. The SMILES string of the molecule is CN1[CH-]N(c2[c-]c([Si](C)(C)c3[c-]c4c(cc3)c3ccccc3n4C3=CC=CC[N-]3)cc(C(C)(C)C)c2)c2nccnc21.[Pt+4]. The number of hydrogen-bond acceptors (Lipinski definition) is 4. The first-order valence-corrected chi connectivity index (χ1v) is 17.4. The van der Waals surface area contributed by atoms with Crippen LogP contribution in [0.25, 0.3) is 32.9 Å². The number of rotatable bonds is 4. The van der Waals surface area contributed by atoms with E-state index < -0.39 is 8.07 Å². The smallest absolute Gasteiger partial charge is 0.487 e. The molecule has 0 radical (unpaired) electrons. The molecule has 3 aromatic carbocycles. The Kier molecular flexibility index (Phi) is 7.38. The molecule has 5 aromatic rings. The minimum atomic E-state index is -2.27. The summed E-state index contributed by atoms with van der Waals surface area (Å²) in [5.74, 6) is 2.62. The number of fused-ring (bicyclic) bond motifs is 4. The van der Waals surface area contributed by atoms with Crippen LogP contribution in [0.1, 0.15) is 26.3 Å². The van der Waals surface area contributed by atoms with Gasteiger partial charge in [-0.25, -0.2) is 9.97 Å². The molecule has 8 heteroatoms. The van der Waals surface area contributed by atoms with E-state index in [9.17, 15) is 0 Å². The predicted octanol–water partition coefficient (Wildman–Crippen LogP) is 6.75. The van der Waals surface area contributed by atoms with Gasteiger partial charge < -0.3 is 19.7 Å². The molecule has 0 amide bonds. The summed E-state index contributed by atoms with van der Waals surface area (Å²) in [7, 11) is -0.266. The second kappa shape index (κ2) is 10.8. The van der Waals surface area contributed by atoms with Gasteiger partial charge in [-0.05, 0) is 24.5 Å². The van der Waals surface area contributed by atoms with E-state index in [1.54, 1.807) is 12.4 Å². The number of allylic oxidation sites excluding steroid dienone is 2. The van der Waals surface area contributed by atoms with Crippen LogP contribution in [0.3, 0.4) is 0 Å². The number of benzene rings is 3. The van der Waals surface area contributed by atoms with Crippen molar-refractivity contribution in [2.24, 2.45) is 0 Å². The Bertz CT molecular complexity index is 1920. The third-order valence-corrected chi connectivity index (χ3v) is 11.6. The van der Waals surface area contributed by atoms with Gasteiger partial charge in [0.1, 0.15) is 11.6 Å². The maximum atomic E-state index is 4.84. The molecule has 4 heterocycles. The average molecular weight is 762 g/mol. The number of anilines is 3. The Balaban J connectivity index is 0.00000329. The van der Waals surface area contributed by atoms with Crippen LogP contribution in [0.15, 0.2) is 79.2 Å². The monoisotopic (exact) mass is 761 g/mol. The van der Waals surface area contributed by atoms with Crippen LogP contribution in [0, 0.1) is 18.8 Å². The molecule has 2 aliphatic heterocycles. The zero-order valence-corrected chi connectivity index (χ0v) is 28.6. The van der Waals surface area contributed by atoms with Crippen molar-refractivity contribution in [3.8, 4) is 0 Å². The summed E-state index contributed by atoms with van der Waals surface area (Å²) in [6, 6.07) is 25.5. The fourth-order valence-electron chi connectivity index (χ4n) is 5.85. The topological polar surface area (TPSA) is 51.3 Å².